The van der Waals surface area contributed by atoms with Crippen LogP contribution >= 0.6 is 0 Å². The molecule has 0 aliphatic carbocycles. The van der Waals surface area contributed by atoms with Crippen molar-refractivity contribution in [2.24, 2.45) is 5.92 Å². The van der Waals surface area contributed by atoms with Crippen molar-refractivity contribution in [1.29, 1.82) is 0 Å². The van der Waals surface area contributed by atoms with Crippen LogP contribution in [0.5, 0.6) is 17.2 Å². The topological polar surface area (TPSA) is 113 Å². The van der Waals surface area contributed by atoms with Gasteiger partial charge in [-0.25, -0.2) is 4.79 Å². The molecule has 206 valence electrons. The normalized spacial score (nSPS) is 19.5. The minimum atomic E-state index is -0.372. The molecule has 4 rings (SSSR count). The smallest absolute Gasteiger partial charge is 0.319 e. The number of urea groups is 1. The molecule has 0 saturated heterocycles. The van der Waals surface area contributed by atoms with Crippen LogP contribution in [0.3, 0.4) is 0 Å². The Bertz CT molecular complexity index is 1160. The summed E-state index contributed by atoms with van der Waals surface area (Å²) in [7, 11) is 2.03. The summed E-state index contributed by atoms with van der Waals surface area (Å²) < 4.78 is 17.4. The fourth-order valence-corrected chi connectivity index (χ4v) is 4.67. The van der Waals surface area contributed by atoms with Gasteiger partial charge in [0.1, 0.15) is 11.9 Å². The Morgan fingerprint density at radius 1 is 1.13 bits per heavy atom. The second-order valence-electron chi connectivity index (χ2n) is 10.5. The molecule has 3 amide bonds. The Morgan fingerprint density at radius 3 is 2.61 bits per heavy atom. The average Bonchev–Trinajstić information content (AvgIpc) is 3.33. The minimum absolute atomic E-state index is 0.00470. The lowest BCUT2D eigenvalue weighted by Gasteiger charge is -2.38. The van der Waals surface area contributed by atoms with Gasteiger partial charge in [0.2, 0.25) is 6.79 Å². The van der Waals surface area contributed by atoms with Gasteiger partial charge in [-0.2, -0.15) is 0 Å². The van der Waals surface area contributed by atoms with Crippen LogP contribution in [-0.4, -0.2) is 78.6 Å². The third-order valence-electron chi connectivity index (χ3n) is 6.72. The standard InChI is InChI=1S/C28H38N4O6/c1-17(2)29-28(35)30-21-7-9-23-22(11-21)27(34)32(19(4)15-33)12-18(3)26(38-23)14-31(5)13-20-6-8-24-25(10-20)37-16-36-24/h6-11,17-19,26,33H,12-16H2,1-5H3,(H2,29,30,35)/t18-,19+,26+/m0/s1. The monoisotopic (exact) mass is 526 g/mol. The van der Waals surface area contributed by atoms with Crippen LogP contribution in [0.1, 0.15) is 43.6 Å². The summed E-state index contributed by atoms with van der Waals surface area (Å²) in [6, 6.07) is 10.3. The molecule has 3 N–H and O–H groups in total. The van der Waals surface area contributed by atoms with Gasteiger partial charge >= 0.3 is 6.03 Å². The summed E-state index contributed by atoms with van der Waals surface area (Å²) in [6.45, 7) is 9.43. The molecule has 3 atom stereocenters. The molecule has 2 aromatic carbocycles. The van der Waals surface area contributed by atoms with Gasteiger partial charge in [0.25, 0.3) is 5.91 Å². The van der Waals surface area contributed by atoms with Gasteiger partial charge in [0, 0.05) is 37.3 Å². The molecule has 2 aromatic rings. The van der Waals surface area contributed by atoms with E-state index in [2.05, 4.69) is 22.5 Å². The van der Waals surface area contributed by atoms with E-state index < -0.39 is 0 Å². The number of rotatable bonds is 8. The number of carbonyl (C=O) groups is 2. The van der Waals surface area contributed by atoms with Gasteiger partial charge in [-0.3, -0.25) is 9.69 Å². The number of anilines is 1. The van der Waals surface area contributed by atoms with E-state index >= 15 is 0 Å². The molecule has 2 aliphatic heterocycles. The fourth-order valence-electron chi connectivity index (χ4n) is 4.67. The molecule has 0 unspecified atom stereocenters. The lowest BCUT2D eigenvalue weighted by atomic mass is 9.99. The van der Waals surface area contributed by atoms with E-state index in [4.69, 9.17) is 14.2 Å². The molecule has 0 radical (unpaired) electrons. The van der Waals surface area contributed by atoms with Crippen molar-refractivity contribution in [1.82, 2.24) is 15.1 Å². The maximum Gasteiger partial charge on any atom is 0.319 e. The number of hydrogen-bond donors (Lipinski definition) is 3. The van der Waals surface area contributed by atoms with E-state index in [1.54, 1.807) is 23.1 Å². The van der Waals surface area contributed by atoms with E-state index in [-0.39, 0.29) is 49.4 Å². The predicted molar refractivity (Wildman–Crippen MR) is 144 cm³/mol. The first-order chi connectivity index (χ1) is 18.1. The van der Waals surface area contributed by atoms with Crippen LogP contribution in [0.4, 0.5) is 10.5 Å². The molecule has 0 fully saturated rings. The van der Waals surface area contributed by atoms with Gasteiger partial charge in [-0.1, -0.05) is 13.0 Å². The number of carbonyl (C=O) groups excluding carboxylic acids is 2. The molecular weight excluding hydrogens is 488 g/mol. The zero-order valence-electron chi connectivity index (χ0n) is 22.7. The first-order valence-electron chi connectivity index (χ1n) is 13.0. The Labute approximate surface area is 223 Å². The lowest BCUT2D eigenvalue weighted by Crippen LogP contribution is -2.49. The summed E-state index contributed by atoms with van der Waals surface area (Å²) in [5, 5.41) is 15.4. The number of aliphatic hydroxyl groups excluding tert-OH is 1. The highest BCUT2D eigenvalue weighted by molar-refractivity contribution is 5.99. The van der Waals surface area contributed by atoms with E-state index in [0.29, 0.717) is 36.6 Å². The summed E-state index contributed by atoms with van der Waals surface area (Å²) in [5.41, 5.74) is 1.93. The first-order valence-corrected chi connectivity index (χ1v) is 13.0. The van der Waals surface area contributed by atoms with Crippen molar-refractivity contribution in [3.63, 3.8) is 0 Å². The summed E-state index contributed by atoms with van der Waals surface area (Å²) >= 11 is 0. The van der Waals surface area contributed by atoms with Crippen LogP contribution in [0, 0.1) is 5.92 Å². The number of hydrogen-bond acceptors (Lipinski definition) is 7. The molecule has 10 nitrogen and oxygen atoms in total. The van der Waals surface area contributed by atoms with Gasteiger partial charge in [0.15, 0.2) is 11.5 Å². The van der Waals surface area contributed by atoms with Gasteiger partial charge in [0.05, 0.1) is 18.2 Å². The molecule has 2 aliphatic rings. The highest BCUT2D eigenvalue weighted by Gasteiger charge is 2.33. The first kappa shape index (κ1) is 27.5. The Kier molecular flexibility index (Phi) is 8.63. The van der Waals surface area contributed by atoms with Crippen molar-refractivity contribution >= 4 is 17.6 Å². The van der Waals surface area contributed by atoms with Crippen molar-refractivity contribution in [2.75, 3.05) is 38.9 Å². The maximum absolute atomic E-state index is 13.6. The molecule has 0 bridgehead atoms. The predicted octanol–water partition coefficient (Wildman–Crippen LogP) is 3.30. The van der Waals surface area contributed by atoms with E-state index in [0.717, 1.165) is 17.1 Å². The Morgan fingerprint density at radius 2 is 1.87 bits per heavy atom. The molecule has 0 saturated carbocycles. The third-order valence-corrected chi connectivity index (χ3v) is 6.72. The number of aliphatic hydroxyl groups is 1. The van der Waals surface area contributed by atoms with Crippen molar-refractivity contribution in [3.8, 4) is 17.2 Å². The molecular formula is C28H38N4O6. The summed E-state index contributed by atoms with van der Waals surface area (Å²) in [6.07, 6.45) is -0.225. The van der Waals surface area contributed by atoms with E-state index in [1.807, 2.05) is 46.0 Å². The zero-order chi connectivity index (χ0) is 27.4. The van der Waals surface area contributed by atoms with Crippen LogP contribution in [0.15, 0.2) is 36.4 Å². The SMILES string of the molecule is CC(C)NC(=O)Nc1ccc2c(c1)C(=O)N([C@H](C)CO)C[C@H](C)[C@@H](CN(C)Cc1ccc3c(c1)OCO3)O2. The Balaban J connectivity index is 1.55. The van der Waals surface area contributed by atoms with Crippen molar-refractivity contribution < 1.29 is 28.9 Å². The average molecular weight is 527 g/mol. The van der Waals surface area contributed by atoms with Crippen molar-refractivity contribution in [2.45, 2.75) is 52.4 Å². The number of fused-ring (bicyclic) bond motifs is 2. The minimum Gasteiger partial charge on any atom is -0.488 e. The Hall–Kier alpha value is -3.50. The number of benzene rings is 2. The molecule has 0 spiro atoms. The maximum atomic E-state index is 13.6. The molecule has 10 heteroatoms. The van der Waals surface area contributed by atoms with Crippen LogP contribution in [0.25, 0.3) is 0 Å². The number of nitrogens with one attached hydrogen (secondary N) is 2. The summed E-state index contributed by atoms with van der Waals surface area (Å²) in [5.74, 6) is 1.71. The number of amides is 3. The molecule has 0 aromatic heterocycles. The fraction of sp³-hybridized carbons (Fsp3) is 0.500. The quantitative estimate of drug-likeness (QED) is 0.484. The van der Waals surface area contributed by atoms with Crippen LogP contribution in [0.2, 0.25) is 0 Å². The number of nitrogens with zero attached hydrogens (tertiary/aromatic N) is 2. The number of ether oxygens (including phenoxy) is 3. The largest absolute Gasteiger partial charge is 0.488 e. The second-order valence-corrected chi connectivity index (χ2v) is 10.5. The van der Waals surface area contributed by atoms with Gasteiger partial charge in [-0.05, 0) is 63.7 Å². The highest BCUT2D eigenvalue weighted by atomic mass is 16.7. The highest BCUT2D eigenvalue weighted by Crippen LogP contribution is 2.33. The van der Waals surface area contributed by atoms with Crippen LogP contribution in [-0.2, 0) is 6.54 Å². The van der Waals surface area contributed by atoms with E-state index in [1.165, 1.54) is 0 Å². The number of likely N-dealkylation sites (N-methyl/N-ethyl adjacent to an activating group) is 1. The lowest BCUT2D eigenvalue weighted by molar-refractivity contribution is 0.0341. The third kappa shape index (κ3) is 6.49. The zero-order valence-corrected chi connectivity index (χ0v) is 22.7. The summed E-state index contributed by atoms with van der Waals surface area (Å²) in [4.78, 5) is 29.7. The van der Waals surface area contributed by atoms with Crippen LogP contribution < -0.4 is 24.8 Å². The molecule has 2 heterocycles. The van der Waals surface area contributed by atoms with Crippen molar-refractivity contribution in [3.05, 3.63) is 47.5 Å². The van der Waals surface area contributed by atoms with Gasteiger partial charge in [-0.15, -0.1) is 0 Å². The van der Waals surface area contributed by atoms with Gasteiger partial charge < -0.3 is 34.9 Å². The molecule has 38 heavy (non-hydrogen) atoms. The van der Waals surface area contributed by atoms with E-state index in [9.17, 15) is 14.7 Å². The second kappa shape index (κ2) is 11.9.